The predicted molar refractivity (Wildman–Crippen MR) is 155 cm³/mol. The van der Waals surface area contributed by atoms with Crippen LogP contribution in [0.25, 0.3) is 34.2 Å². The summed E-state index contributed by atoms with van der Waals surface area (Å²) < 4.78 is 5.92. The molecule has 0 unspecified atom stereocenters. The average molecular weight is 510 g/mol. The number of hydrogen-bond acceptors (Lipinski definition) is 5. The Morgan fingerprint density at radius 1 is 0.579 bits per heavy atom. The van der Waals surface area contributed by atoms with E-state index in [1.807, 2.05) is 72.8 Å². The molecule has 0 amide bonds. The van der Waals surface area contributed by atoms with Crippen LogP contribution in [0.15, 0.2) is 78.9 Å². The standard InChI is InChI=1S/C33H39N3O2/c1-2-3-4-5-6-7-8-9-10-17-24-38-28-22-23-29(30(37)25-28)33-35-31(26-18-13-11-14-19-26)34-32(36-33)27-20-15-12-16-21-27/h11-16,18-23,25,37H,2-10,17,24H2,1H3. The fraction of sp³-hybridized carbons (Fsp3) is 0.364. The van der Waals surface area contributed by atoms with Crippen LogP contribution in [0.3, 0.4) is 0 Å². The fourth-order valence-corrected chi connectivity index (χ4v) is 4.50. The third kappa shape index (κ3) is 8.14. The topological polar surface area (TPSA) is 68.1 Å². The third-order valence-corrected chi connectivity index (χ3v) is 6.68. The Balaban J connectivity index is 1.37. The normalized spacial score (nSPS) is 11.0. The largest absolute Gasteiger partial charge is 0.507 e. The van der Waals surface area contributed by atoms with Gasteiger partial charge in [-0.3, -0.25) is 0 Å². The zero-order valence-electron chi connectivity index (χ0n) is 22.5. The van der Waals surface area contributed by atoms with Crippen molar-refractivity contribution < 1.29 is 9.84 Å². The number of benzene rings is 3. The molecule has 0 radical (unpaired) electrons. The molecule has 5 heteroatoms. The van der Waals surface area contributed by atoms with Crippen LogP contribution in [0.4, 0.5) is 0 Å². The summed E-state index contributed by atoms with van der Waals surface area (Å²) in [4.78, 5) is 14.1. The molecule has 0 saturated heterocycles. The van der Waals surface area contributed by atoms with Crippen LogP contribution in [-0.4, -0.2) is 26.7 Å². The molecule has 3 aromatic carbocycles. The van der Waals surface area contributed by atoms with E-state index in [4.69, 9.17) is 19.7 Å². The van der Waals surface area contributed by atoms with E-state index in [0.717, 1.165) is 17.5 Å². The van der Waals surface area contributed by atoms with Crippen LogP contribution in [0.5, 0.6) is 11.5 Å². The Morgan fingerprint density at radius 3 is 1.61 bits per heavy atom. The maximum absolute atomic E-state index is 10.9. The van der Waals surface area contributed by atoms with Crippen molar-refractivity contribution in [3.63, 3.8) is 0 Å². The van der Waals surface area contributed by atoms with Crippen molar-refractivity contribution in [3.8, 4) is 45.7 Å². The molecule has 4 rings (SSSR count). The van der Waals surface area contributed by atoms with Crippen LogP contribution in [-0.2, 0) is 0 Å². The first-order valence-corrected chi connectivity index (χ1v) is 14.1. The summed E-state index contributed by atoms with van der Waals surface area (Å²) >= 11 is 0. The summed E-state index contributed by atoms with van der Waals surface area (Å²) in [6.45, 7) is 2.91. The molecule has 0 aliphatic rings. The summed E-state index contributed by atoms with van der Waals surface area (Å²) in [6.07, 6.45) is 12.9. The fourth-order valence-electron chi connectivity index (χ4n) is 4.50. The lowest BCUT2D eigenvalue weighted by Gasteiger charge is -2.11. The quantitative estimate of drug-likeness (QED) is 0.162. The zero-order valence-corrected chi connectivity index (χ0v) is 22.5. The number of phenols is 1. The van der Waals surface area contributed by atoms with Gasteiger partial charge in [-0.15, -0.1) is 0 Å². The highest BCUT2D eigenvalue weighted by Crippen LogP contribution is 2.32. The van der Waals surface area contributed by atoms with E-state index >= 15 is 0 Å². The molecule has 1 N–H and O–H groups in total. The van der Waals surface area contributed by atoms with Gasteiger partial charge >= 0.3 is 0 Å². The number of hydrogen-bond donors (Lipinski definition) is 1. The van der Waals surface area contributed by atoms with Crippen LogP contribution in [0.1, 0.15) is 71.1 Å². The molecule has 0 bridgehead atoms. The van der Waals surface area contributed by atoms with Crippen LogP contribution in [0.2, 0.25) is 0 Å². The van der Waals surface area contributed by atoms with E-state index < -0.39 is 0 Å². The Morgan fingerprint density at radius 2 is 1.08 bits per heavy atom. The minimum Gasteiger partial charge on any atom is -0.507 e. The number of unbranched alkanes of at least 4 members (excludes halogenated alkanes) is 9. The molecule has 0 aliphatic carbocycles. The number of aromatic hydroxyl groups is 1. The van der Waals surface area contributed by atoms with Gasteiger partial charge in [0, 0.05) is 17.2 Å². The molecule has 0 atom stereocenters. The molecule has 4 aromatic rings. The Labute approximate surface area is 227 Å². The molecular weight excluding hydrogens is 470 g/mol. The van der Waals surface area contributed by atoms with Crippen LogP contribution in [0, 0.1) is 0 Å². The Bertz CT molecular complexity index is 1190. The van der Waals surface area contributed by atoms with E-state index in [1.165, 1.54) is 57.8 Å². The number of phenolic OH excluding ortho intramolecular Hbond substituents is 1. The minimum absolute atomic E-state index is 0.0924. The van der Waals surface area contributed by atoms with Crippen LogP contribution < -0.4 is 4.74 Å². The van der Waals surface area contributed by atoms with E-state index in [9.17, 15) is 5.11 Å². The van der Waals surface area contributed by atoms with Gasteiger partial charge in [-0.2, -0.15) is 0 Å². The molecule has 5 nitrogen and oxygen atoms in total. The first-order valence-electron chi connectivity index (χ1n) is 14.1. The van der Waals surface area contributed by atoms with Gasteiger partial charge in [0.05, 0.1) is 12.2 Å². The first-order chi connectivity index (χ1) is 18.7. The highest BCUT2D eigenvalue weighted by atomic mass is 16.5. The lowest BCUT2D eigenvalue weighted by atomic mass is 10.1. The first kappa shape index (κ1) is 27.3. The van der Waals surface area contributed by atoms with Gasteiger partial charge in [-0.1, -0.05) is 125 Å². The van der Waals surface area contributed by atoms with Crippen molar-refractivity contribution in [2.75, 3.05) is 6.61 Å². The third-order valence-electron chi connectivity index (χ3n) is 6.68. The zero-order chi connectivity index (χ0) is 26.4. The summed E-state index contributed by atoms with van der Waals surface area (Å²) in [5.74, 6) is 2.30. The second-order valence-electron chi connectivity index (χ2n) is 9.75. The molecule has 1 heterocycles. The van der Waals surface area contributed by atoms with Crippen molar-refractivity contribution in [1.82, 2.24) is 15.0 Å². The van der Waals surface area contributed by atoms with Gasteiger partial charge in [0.25, 0.3) is 0 Å². The highest BCUT2D eigenvalue weighted by Gasteiger charge is 2.15. The van der Waals surface area contributed by atoms with Crippen molar-refractivity contribution in [3.05, 3.63) is 78.9 Å². The monoisotopic (exact) mass is 509 g/mol. The van der Waals surface area contributed by atoms with Gasteiger partial charge in [-0.25, -0.2) is 15.0 Å². The number of aromatic nitrogens is 3. The number of rotatable bonds is 15. The van der Waals surface area contributed by atoms with E-state index in [0.29, 0.717) is 35.4 Å². The van der Waals surface area contributed by atoms with Gasteiger partial charge in [0.15, 0.2) is 17.5 Å². The number of nitrogens with zero attached hydrogens (tertiary/aromatic N) is 3. The Hall–Kier alpha value is -3.73. The molecule has 38 heavy (non-hydrogen) atoms. The van der Waals surface area contributed by atoms with Gasteiger partial charge in [0.1, 0.15) is 11.5 Å². The summed E-state index contributed by atoms with van der Waals surface area (Å²) in [5, 5.41) is 10.9. The van der Waals surface area contributed by atoms with Gasteiger partial charge in [0.2, 0.25) is 0 Å². The van der Waals surface area contributed by atoms with Crippen LogP contribution >= 0.6 is 0 Å². The second-order valence-corrected chi connectivity index (χ2v) is 9.75. The molecular formula is C33H39N3O2. The van der Waals surface area contributed by atoms with Crippen molar-refractivity contribution in [1.29, 1.82) is 0 Å². The second kappa shape index (κ2) is 14.9. The van der Waals surface area contributed by atoms with Crippen molar-refractivity contribution in [2.45, 2.75) is 71.1 Å². The van der Waals surface area contributed by atoms with E-state index in [-0.39, 0.29) is 5.75 Å². The van der Waals surface area contributed by atoms with Gasteiger partial charge in [-0.05, 0) is 18.6 Å². The molecule has 1 aromatic heterocycles. The average Bonchev–Trinajstić information content (AvgIpc) is 2.96. The summed E-state index contributed by atoms with van der Waals surface area (Å²) in [6, 6.07) is 25.0. The molecule has 0 fully saturated rings. The van der Waals surface area contributed by atoms with Gasteiger partial charge < -0.3 is 9.84 Å². The van der Waals surface area contributed by atoms with Crippen molar-refractivity contribution in [2.24, 2.45) is 0 Å². The minimum atomic E-state index is 0.0924. The number of ether oxygens (including phenoxy) is 1. The summed E-state index contributed by atoms with van der Waals surface area (Å²) in [7, 11) is 0. The molecule has 0 aliphatic heterocycles. The maximum Gasteiger partial charge on any atom is 0.167 e. The smallest absolute Gasteiger partial charge is 0.167 e. The Kier molecular flexibility index (Phi) is 10.7. The SMILES string of the molecule is CCCCCCCCCCCCOc1ccc(-c2nc(-c3ccccc3)nc(-c3ccccc3)n2)c(O)c1. The maximum atomic E-state index is 10.9. The van der Waals surface area contributed by atoms with Crippen molar-refractivity contribution >= 4 is 0 Å². The van der Waals surface area contributed by atoms with E-state index in [1.54, 1.807) is 6.07 Å². The lowest BCUT2D eigenvalue weighted by Crippen LogP contribution is -2.01. The molecule has 198 valence electrons. The van der Waals surface area contributed by atoms with E-state index in [2.05, 4.69) is 6.92 Å². The predicted octanol–water partition coefficient (Wildman–Crippen LogP) is 8.88. The summed E-state index contributed by atoms with van der Waals surface area (Å²) in [5.41, 5.74) is 2.33. The molecule has 0 spiro atoms. The molecule has 0 saturated carbocycles. The lowest BCUT2D eigenvalue weighted by molar-refractivity contribution is 0.302. The highest BCUT2D eigenvalue weighted by molar-refractivity contribution is 5.70.